The van der Waals surface area contributed by atoms with Gasteiger partial charge in [0.2, 0.25) is 5.78 Å². The molecule has 12 nitrogen and oxygen atoms in total. The van der Waals surface area contributed by atoms with Crippen molar-refractivity contribution in [3.05, 3.63) is 69.7 Å². The number of aliphatic hydroxyl groups is 3. The summed E-state index contributed by atoms with van der Waals surface area (Å²) < 4.78 is 15.0. The van der Waals surface area contributed by atoms with Gasteiger partial charge in [-0.1, -0.05) is 12.1 Å². The Balaban J connectivity index is 1.69. The summed E-state index contributed by atoms with van der Waals surface area (Å²) in [6.45, 7) is 2.04. The van der Waals surface area contributed by atoms with Crippen LogP contribution in [-0.2, 0) is 20.8 Å². The number of fused-ring (bicyclic) bond motifs is 3. The number of hydrogen-bond donors (Lipinski definition) is 5. The molecule has 0 aromatic heterocycles. The molecule has 4 atom stereocenters. The number of likely N-dealkylation sites (N-methyl/N-ethyl adjacent to an activating group) is 1. The third kappa shape index (κ3) is 4.61. The van der Waals surface area contributed by atoms with Gasteiger partial charge in [0.25, 0.3) is 11.8 Å². The van der Waals surface area contributed by atoms with Gasteiger partial charge in [0, 0.05) is 32.1 Å². The van der Waals surface area contributed by atoms with Crippen LogP contribution in [0.5, 0.6) is 5.75 Å². The van der Waals surface area contributed by atoms with E-state index in [2.05, 4.69) is 0 Å². The van der Waals surface area contributed by atoms with E-state index in [-0.39, 0.29) is 41.8 Å². The normalized spacial score (nSPS) is 24.5. The van der Waals surface area contributed by atoms with E-state index in [0.717, 1.165) is 6.07 Å². The summed E-state index contributed by atoms with van der Waals surface area (Å²) in [5, 5.41) is 48.1. The second-order valence-electron chi connectivity index (χ2n) is 12.0. The zero-order valence-corrected chi connectivity index (χ0v) is 25.5. The maximum Gasteiger partial charge on any atom is 0.271 e. The maximum absolute atomic E-state index is 15.0. The molecule has 6 N–H and O–H groups in total. The second-order valence-corrected chi connectivity index (χ2v) is 12.0. The first-order valence-corrected chi connectivity index (χ1v) is 14.4. The molecular formula is C32H35FN4O8. The van der Waals surface area contributed by atoms with E-state index in [1.165, 1.54) is 42.2 Å². The number of phenolic OH excluding ortho intramolecular Hbond substituents is 1. The van der Waals surface area contributed by atoms with Gasteiger partial charge in [-0.05, 0) is 74.7 Å². The van der Waals surface area contributed by atoms with Gasteiger partial charge < -0.3 is 26.2 Å². The summed E-state index contributed by atoms with van der Waals surface area (Å²) in [5.74, 6) is -8.80. The SMILES string of the molecule is CCN(C(=O)c1cc(-c2ccc(O)c3c2C[C@H]2C[C@H]4[C@H](N(C)C)C(=O)C(C(N)=O)=C(O)[C@@]4(O)C(=O)C2=C3O)ccc1F)N(C)C. The molecule has 45 heavy (non-hydrogen) atoms. The molecule has 3 aliphatic rings. The molecule has 0 bridgehead atoms. The highest BCUT2D eigenvalue weighted by Gasteiger charge is 2.64. The van der Waals surface area contributed by atoms with Crippen molar-refractivity contribution < 1.29 is 44.0 Å². The Labute approximate surface area is 258 Å². The fraction of sp³-hybridized carbons (Fsp3) is 0.375. The Kier molecular flexibility index (Phi) is 7.84. The lowest BCUT2D eigenvalue weighted by Crippen LogP contribution is -2.65. The van der Waals surface area contributed by atoms with Gasteiger partial charge in [0.05, 0.1) is 17.2 Å². The number of hydrogen-bond acceptors (Lipinski definition) is 10. The molecule has 0 saturated heterocycles. The van der Waals surface area contributed by atoms with E-state index in [4.69, 9.17) is 5.73 Å². The molecule has 3 aliphatic carbocycles. The van der Waals surface area contributed by atoms with E-state index >= 15 is 0 Å². The average Bonchev–Trinajstić information content (AvgIpc) is 2.95. The van der Waals surface area contributed by atoms with Crippen molar-refractivity contribution in [2.24, 2.45) is 17.6 Å². The Morgan fingerprint density at radius 3 is 2.31 bits per heavy atom. The van der Waals surface area contributed by atoms with Crippen LogP contribution in [0, 0.1) is 17.7 Å². The highest BCUT2D eigenvalue weighted by Crippen LogP contribution is 2.53. The minimum absolute atomic E-state index is 0.0394. The lowest BCUT2D eigenvalue weighted by Gasteiger charge is -2.50. The van der Waals surface area contributed by atoms with Crippen LogP contribution in [-0.4, -0.2) is 105 Å². The number of Topliss-reactive ketones (excluding diaryl/α,β-unsaturated/α-hetero) is 2. The van der Waals surface area contributed by atoms with Crippen LogP contribution in [0.1, 0.15) is 34.8 Å². The average molecular weight is 623 g/mol. The minimum Gasteiger partial charge on any atom is -0.508 e. The number of hydrazine groups is 1. The zero-order chi connectivity index (χ0) is 33.3. The number of aromatic hydroxyl groups is 1. The van der Waals surface area contributed by atoms with Crippen molar-refractivity contribution in [1.82, 2.24) is 14.9 Å². The van der Waals surface area contributed by atoms with E-state index in [1.54, 1.807) is 32.1 Å². The molecule has 0 spiro atoms. The van der Waals surface area contributed by atoms with Crippen LogP contribution in [0.2, 0.25) is 0 Å². The number of primary amides is 1. The summed E-state index contributed by atoms with van der Waals surface area (Å²) >= 11 is 0. The molecule has 0 aliphatic heterocycles. The highest BCUT2D eigenvalue weighted by molar-refractivity contribution is 6.24. The van der Waals surface area contributed by atoms with Gasteiger partial charge in [-0.2, -0.15) is 0 Å². The number of benzene rings is 2. The number of carbonyl (C=O) groups is 4. The van der Waals surface area contributed by atoms with Crippen LogP contribution < -0.4 is 5.73 Å². The molecule has 2 aromatic carbocycles. The Morgan fingerprint density at radius 2 is 1.73 bits per heavy atom. The first-order valence-electron chi connectivity index (χ1n) is 14.4. The summed E-state index contributed by atoms with van der Waals surface area (Å²) in [6, 6.07) is 5.62. The largest absolute Gasteiger partial charge is 0.508 e. The number of phenols is 1. The Morgan fingerprint density at radius 1 is 1.07 bits per heavy atom. The number of nitrogens with two attached hydrogens (primary N) is 1. The smallest absolute Gasteiger partial charge is 0.271 e. The van der Waals surface area contributed by atoms with Gasteiger partial charge in [-0.15, -0.1) is 0 Å². The molecule has 0 heterocycles. The third-order valence-corrected chi connectivity index (χ3v) is 9.13. The van der Waals surface area contributed by atoms with Crippen molar-refractivity contribution in [2.75, 3.05) is 34.7 Å². The Bertz CT molecular complexity index is 1730. The topological polar surface area (TPSA) is 185 Å². The standard InChI is InChI=1S/C32H35FN4O8/c1-6-37(36(4)5)31(44)18-11-14(7-9-20(18)33)16-8-10-21(38)23-17(16)12-15-13-19-25(35(2)3)27(40)24(30(34)43)29(42)32(19,45)28(41)22(15)26(23)39/h7-11,15,19,25,38-39,42,45H,6,12-13H2,1-5H3,(H2,34,43)/t15-,19-,25-,32-/m0/s1. The fourth-order valence-corrected chi connectivity index (χ4v) is 7.12. The van der Waals surface area contributed by atoms with Crippen molar-refractivity contribution in [2.45, 2.75) is 31.4 Å². The first-order chi connectivity index (χ1) is 21.1. The lowest BCUT2D eigenvalue weighted by atomic mass is 9.57. The van der Waals surface area contributed by atoms with Gasteiger partial charge in [-0.25, -0.2) is 9.40 Å². The minimum atomic E-state index is -2.75. The van der Waals surface area contributed by atoms with E-state index in [0.29, 0.717) is 16.7 Å². The molecular weight excluding hydrogens is 587 g/mol. The summed E-state index contributed by atoms with van der Waals surface area (Å²) in [7, 11) is 6.35. The fourth-order valence-electron chi connectivity index (χ4n) is 7.12. The number of halogens is 1. The number of amides is 2. The number of rotatable bonds is 6. The molecule has 1 fully saturated rings. The van der Waals surface area contributed by atoms with Gasteiger partial charge >= 0.3 is 0 Å². The van der Waals surface area contributed by atoms with Crippen molar-refractivity contribution in [3.63, 3.8) is 0 Å². The van der Waals surface area contributed by atoms with Crippen LogP contribution in [0.25, 0.3) is 16.9 Å². The van der Waals surface area contributed by atoms with Gasteiger partial charge in [-0.3, -0.25) is 29.1 Å². The van der Waals surface area contributed by atoms with Crippen LogP contribution in [0.15, 0.2) is 47.2 Å². The first kappa shape index (κ1) is 31.8. The molecule has 238 valence electrons. The van der Waals surface area contributed by atoms with Crippen LogP contribution in [0.4, 0.5) is 4.39 Å². The zero-order valence-electron chi connectivity index (χ0n) is 25.5. The van der Waals surface area contributed by atoms with E-state index < -0.39 is 69.8 Å². The van der Waals surface area contributed by atoms with Crippen LogP contribution >= 0.6 is 0 Å². The van der Waals surface area contributed by atoms with Crippen molar-refractivity contribution >= 4 is 29.1 Å². The van der Waals surface area contributed by atoms with Crippen LogP contribution in [0.3, 0.4) is 0 Å². The molecule has 0 radical (unpaired) electrons. The van der Waals surface area contributed by atoms with Gasteiger partial charge in [0.15, 0.2) is 11.4 Å². The van der Waals surface area contributed by atoms with E-state index in [9.17, 15) is 44.0 Å². The van der Waals surface area contributed by atoms with E-state index in [1.807, 2.05) is 0 Å². The number of carbonyl (C=O) groups excluding carboxylic acids is 4. The predicted molar refractivity (Wildman–Crippen MR) is 160 cm³/mol. The monoisotopic (exact) mass is 622 g/mol. The number of aliphatic hydroxyl groups excluding tert-OH is 2. The lowest BCUT2D eigenvalue weighted by molar-refractivity contribution is -0.153. The second kappa shape index (κ2) is 11.1. The molecule has 5 rings (SSSR count). The van der Waals surface area contributed by atoms with Crippen molar-refractivity contribution in [3.8, 4) is 16.9 Å². The molecule has 1 saturated carbocycles. The summed E-state index contributed by atoms with van der Waals surface area (Å²) in [6.07, 6.45) is -0.0416. The maximum atomic E-state index is 15.0. The summed E-state index contributed by atoms with van der Waals surface area (Å²) in [5.41, 5.74) is 2.40. The molecule has 2 amide bonds. The molecule has 2 aromatic rings. The molecule has 0 unspecified atom stereocenters. The molecule has 13 heteroatoms. The highest BCUT2D eigenvalue weighted by atomic mass is 19.1. The van der Waals surface area contributed by atoms with Crippen molar-refractivity contribution in [1.29, 1.82) is 0 Å². The Hall–Kier alpha value is -4.59. The van der Waals surface area contributed by atoms with Gasteiger partial charge in [0.1, 0.15) is 28.7 Å². The third-order valence-electron chi connectivity index (χ3n) is 9.13. The predicted octanol–water partition coefficient (Wildman–Crippen LogP) is 1.71. The number of nitrogens with zero attached hydrogens (tertiary/aromatic N) is 3. The number of ketones is 2. The quantitative estimate of drug-likeness (QED) is 0.235. The summed E-state index contributed by atoms with van der Waals surface area (Å²) in [4.78, 5) is 54.2.